The first kappa shape index (κ1) is 23.2. The molecule has 1 aliphatic rings. The van der Waals surface area contributed by atoms with Gasteiger partial charge in [-0.3, -0.25) is 4.79 Å². The zero-order valence-corrected chi connectivity index (χ0v) is 21.1. The number of hydrogen-bond donors (Lipinski definition) is 1. The molecule has 35 heavy (non-hydrogen) atoms. The van der Waals surface area contributed by atoms with Crippen molar-refractivity contribution in [3.05, 3.63) is 82.9 Å². The fraction of sp³-hybridized carbons (Fsp3) is 0.323. The van der Waals surface area contributed by atoms with Gasteiger partial charge in [-0.2, -0.15) is 0 Å². The molecule has 0 unspecified atom stereocenters. The van der Waals surface area contributed by atoms with Crippen LogP contribution in [0.2, 0.25) is 0 Å². The smallest absolute Gasteiger partial charge is 0.251 e. The molecule has 4 aromatic rings. The van der Waals surface area contributed by atoms with Crippen LogP contribution in [0.1, 0.15) is 46.8 Å². The first-order valence-corrected chi connectivity index (χ1v) is 12.8. The molecule has 0 aromatic heterocycles. The van der Waals surface area contributed by atoms with E-state index in [9.17, 15) is 4.79 Å². The lowest BCUT2D eigenvalue weighted by Crippen LogP contribution is -2.47. The number of carbonyl (C=O) groups excluding carboxylic acids is 1. The van der Waals surface area contributed by atoms with Gasteiger partial charge in [-0.15, -0.1) is 0 Å². The lowest BCUT2D eigenvalue weighted by Gasteiger charge is -2.39. The van der Waals surface area contributed by atoms with Crippen LogP contribution in [0.15, 0.2) is 60.7 Å². The Bertz CT molecular complexity index is 1400. The van der Waals surface area contributed by atoms with Gasteiger partial charge in [0.05, 0.1) is 11.3 Å². The van der Waals surface area contributed by atoms with Gasteiger partial charge in [0.1, 0.15) is 0 Å². The molecule has 1 saturated heterocycles. The zero-order chi connectivity index (χ0) is 24.5. The fourth-order valence-corrected chi connectivity index (χ4v) is 5.55. The molecule has 5 rings (SSSR count). The minimum atomic E-state index is -0.321. The van der Waals surface area contributed by atoms with Crippen molar-refractivity contribution in [1.29, 1.82) is 0 Å². The lowest BCUT2D eigenvalue weighted by atomic mass is 9.92. The Labute approximate surface area is 208 Å². The first-order valence-electron chi connectivity index (χ1n) is 12.8. The highest BCUT2D eigenvalue weighted by molar-refractivity contribution is 6.12. The Kier molecular flexibility index (Phi) is 6.38. The normalized spacial score (nSPS) is 14.1. The van der Waals surface area contributed by atoms with Gasteiger partial charge in [0.2, 0.25) is 0 Å². The molecule has 1 heterocycles. The third kappa shape index (κ3) is 4.34. The van der Waals surface area contributed by atoms with E-state index < -0.39 is 0 Å². The number of piperazine rings is 1. The molecule has 0 bridgehead atoms. The molecular formula is C31H35N3O. The van der Waals surface area contributed by atoms with E-state index >= 15 is 0 Å². The maximum Gasteiger partial charge on any atom is 0.251 e. The van der Waals surface area contributed by atoms with Crippen LogP contribution >= 0.6 is 0 Å². The number of primary amides is 1. The van der Waals surface area contributed by atoms with E-state index in [-0.39, 0.29) is 5.91 Å². The molecule has 1 aliphatic heterocycles. The molecule has 1 fully saturated rings. The molecular weight excluding hydrogens is 430 g/mol. The van der Waals surface area contributed by atoms with Crippen molar-refractivity contribution in [3.8, 4) is 0 Å². The number of aryl methyl sites for hydroxylation is 2. The largest absolute Gasteiger partial charge is 0.368 e. The van der Waals surface area contributed by atoms with Crippen molar-refractivity contribution in [2.45, 2.75) is 40.0 Å². The van der Waals surface area contributed by atoms with E-state index in [4.69, 9.17) is 5.73 Å². The van der Waals surface area contributed by atoms with Crippen molar-refractivity contribution in [2.75, 3.05) is 36.0 Å². The van der Waals surface area contributed by atoms with Gasteiger partial charge in [0.15, 0.2) is 0 Å². The summed E-state index contributed by atoms with van der Waals surface area (Å²) in [5, 5.41) is 4.72. The number of amides is 1. The quantitative estimate of drug-likeness (QED) is 0.336. The second kappa shape index (κ2) is 9.61. The predicted octanol–water partition coefficient (Wildman–Crippen LogP) is 6.38. The van der Waals surface area contributed by atoms with Gasteiger partial charge in [0, 0.05) is 37.3 Å². The molecule has 0 aliphatic carbocycles. The lowest BCUT2D eigenvalue weighted by molar-refractivity contribution is 0.1000. The topological polar surface area (TPSA) is 49.6 Å². The Morgan fingerprint density at radius 1 is 0.857 bits per heavy atom. The highest BCUT2D eigenvalue weighted by atomic mass is 16.1. The first-order chi connectivity index (χ1) is 17.0. The SMILES string of the molecule is CCCCc1cc2cc3ccccc3cc2c(N2CCN(c3cccc(C)c3C)CC2)c1C(N)=O. The maximum absolute atomic E-state index is 12.9. The molecule has 180 valence electrons. The van der Waals surface area contributed by atoms with E-state index in [0.717, 1.165) is 62.1 Å². The van der Waals surface area contributed by atoms with E-state index in [1.54, 1.807) is 0 Å². The summed E-state index contributed by atoms with van der Waals surface area (Å²) in [5.74, 6) is -0.321. The maximum atomic E-state index is 12.9. The van der Waals surface area contributed by atoms with Crippen molar-refractivity contribution in [1.82, 2.24) is 0 Å². The summed E-state index contributed by atoms with van der Waals surface area (Å²) in [6.07, 6.45) is 2.99. The van der Waals surface area contributed by atoms with Gasteiger partial charge in [0.25, 0.3) is 5.91 Å². The predicted molar refractivity (Wildman–Crippen MR) is 149 cm³/mol. The van der Waals surface area contributed by atoms with Crippen LogP contribution in [0, 0.1) is 13.8 Å². The molecule has 1 amide bonds. The number of hydrogen-bond acceptors (Lipinski definition) is 3. The summed E-state index contributed by atoms with van der Waals surface area (Å²) < 4.78 is 0. The summed E-state index contributed by atoms with van der Waals surface area (Å²) in [6.45, 7) is 10.1. The summed E-state index contributed by atoms with van der Waals surface area (Å²) in [7, 11) is 0. The van der Waals surface area contributed by atoms with Crippen LogP contribution in [0.5, 0.6) is 0 Å². The highest BCUT2D eigenvalue weighted by Gasteiger charge is 2.26. The average molecular weight is 466 g/mol. The molecule has 4 aromatic carbocycles. The van der Waals surface area contributed by atoms with Crippen LogP contribution in [0.25, 0.3) is 21.5 Å². The number of unbranched alkanes of at least 4 members (excludes halogenated alkanes) is 1. The van der Waals surface area contributed by atoms with E-state index in [1.807, 2.05) is 0 Å². The third-order valence-corrected chi connectivity index (χ3v) is 7.62. The van der Waals surface area contributed by atoms with Crippen molar-refractivity contribution in [3.63, 3.8) is 0 Å². The van der Waals surface area contributed by atoms with Crippen molar-refractivity contribution < 1.29 is 4.79 Å². The highest BCUT2D eigenvalue weighted by Crippen LogP contribution is 2.38. The molecule has 0 radical (unpaired) electrons. The average Bonchev–Trinajstić information content (AvgIpc) is 2.87. The minimum Gasteiger partial charge on any atom is -0.368 e. The number of benzene rings is 4. The van der Waals surface area contributed by atoms with Gasteiger partial charge in [-0.1, -0.05) is 55.8 Å². The third-order valence-electron chi connectivity index (χ3n) is 7.62. The second-order valence-corrected chi connectivity index (χ2v) is 9.84. The summed E-state index contributed by atoms with van der Waals surface area (Å²) in [4.78, 5) is 17.8. The molecule has 0 atom stereocenters. The molecule has 2 N–H and O–H groups in total. The molecule has 0 saturated carbocycles. The van der Waals surface area contributed by atoms with Crippen LogP contribution in [-0.2, 0) is 6.42 Å². The monoisotopic (exact) mass is 465 g/mol. The minimum absolute atomic E-state index is 0.321. The van der Waals surface area contributed by atoms with E-state index in [2.05, 4.69) is 91.2 Å². The molecule has 0 spiro atoms. The second-order valence-electron chi connectivity index (χ2n) is 9.84. The van der Waals surface area contributed by atoms with Crippen LogP contribution in [0.3, 0.4) is 0 Å². The Hall–Kier alpha value is -3.53. The number of fused-ring (bicyclic) bond motifs is 2. The summed E-state index contributed by atoms with van der Waals surface area (Å²) in [6, 6.07) is 21.7. The Balaban J connectivity index is 1.61. The van der Waals surface area contributed by atoms with Crippen LogP contribution < -0.4 is 15.5 Å². The van der Waals surface area contributed by atoms with E-state index in [1.165, 1.54) is 33.0 Å². The van der Waals surface area contributed by atoms with Crippen LogP contribution in [0.4, 0.5) is 11.4 Å². The fourth-order valence-electron chi connectivity index (χ4n) is 5.55. The van der Waals surface area contributed by atoms with Gasteiger partial charge >= 0.3 is 0 Å². The van der Waals surface area contributed by atoms with Crippen LogP contribution in [-0.4, -0.2) is 32.1 Å². The Morgan fingerprint density at radius 2 is 1.54 bits per heavy atom. The number of nitrogens with zero attached hydrogens (tertiary/aromatic N) is 2. The van der Waals surface area contributed by atoms with Gasteiger partial charge in [-0.05, 0) is 77.7 Å². The van der Waals surface area contributed by atoms with Crippen molar-refractivity contribution >= 4 is 38.8 Å². The number of anilines is 2. The van der Waals surface area contributed by atoms with Gasteiger partial charge in [-0.25, -0.2) is 0 Å². The number of nitrogens with two attached hydrogens (primary N) is 1. The zero-order valence-electron chi connectivity index (χ0n) is 21.1. The molecule has 4 nitrogen and oxygen atoms in total. The molecule has 4 heteroatoms. The van der Waals surface area contributed by atoms with Crippen molar-refractivity contribution in [2.24, 2.45) is 5.73 Å². The standard InChI is InChI=1S/C31H35N3O/c1-4-5-10-25-19-26-18-23-11-6-7-12-24(23)20-27(26)30(29(25)31(32)35)34-16-14-33(15-17-34)28-13-8-9-21(2)22(28)3/h6-9,11-13,18-20H,4-5,10,14-17H2,1-3H3,(H2,32,35). The van der Waals surface area contributed by atoms with E-state index in [0.29, 0.717) is 5.56 Å². The number of carbonyl (C=O) groups is 1. The Morgan fingerprint density at radius 3 is 2.23 bits per heavy atom. The summed E-state index contributed by atoms with van der Waals surface area (Å²) in [5.41, 5.74) is 12.9. The summed E-state index contributed by atoms with van der Waals surface area (Å²) >= 11 is 0. The number of rotatable bonds is 6. The van der Waals surface area contributed by atoms with Gasteiger partial charge < -0.3 is 15.5 Å².